The second-order valence-electron chi connectivity index (χ2n) is 8.66. The van der Waals surface area contributed by atoms with Gasteiger partial charge in [0.25, 0.3) is 0 Å². The summed E-state index contributed by atoms with van der Waals surface area (Å²) >= 11 is 0. The van der Waals surface area contributed by atoms with Crippen molar-refractivity contribution in [1.29, 1.82) is 0 Å². The summed E-state index contributed by atoms with van der Waals surface area (Å²) in [4.78, 5) is 0. The summed E-state index contributed by atoms with van der Waals surface area (Å²) in [7, 11) is 0. The molecule has 0 aliphatic carbocycles. The van der Waals surface area contributed by atoms with Gasteiger partial charge in [-0.15, -0.1) is 0 Å². The van der Waals surface area contributed by atoms with E-state index < -0.39 is 5.60 Å². The molecule has 2 rings (SSSR count). The molecule has 3 heteroatoms. The van der Waals surface area contributed by atoms with Crippen LogP contribution in [0.15, 0.2) is 18.2 Å². The predicted molar refractivity (Wildman–Crippen MR) is 114 cm³/mol. The highest BCUT2D eigenvalue weighted by atomic mass is 16.3. The number of aliphatic hydroxyl groups excluding tert-OH is 1. The summed E-state index contributed by atoms with van der Waals surface area (Å²) < 4.78 is 0. The molecule has 3 N–H and O–H groups in total. The van der Waals surface area contributed by atoms with Crippen LogP contribution < -0.4 is 0 Å². The first-order valence-corrected chi connectivity index (χ1v) is 10.2. The Balaban J connectivity index is 2.63. The van der Waals surface area contributed by atoms with E-state index in [4.69, 9.17) is 0 Å². The van der Waals surface area contributed by atoms with Crippen molar-refractivity contribution < 1.29 is 15.3 Å². The average molecular weight is 373 g/mol. The average Bonchev–Trinajstić information content (AvgIpc) is 2.62. The van der Waals surface area contributed by atoms with E-state index in [1.54, 1.807) is 6.92 Å². The first kappa shape index (κ1) is 21.7. The number of phenols is 1. The second-order valence-corrected chi connectivity index (χ2v) is 8.66. The van der Waals surface area contributed by atoms with Gasteiger partial charge < -0.3 is 15.3 Å². The maximum atomic E-state index is 11.1. The van der Waals surface area contributed by atoms with Gasteiger partial charge in [-0.05, 0) is 84.9 Å². The van der Waals surface area contributed by atoms with Crippen molar-refractivity contribution in [1.82, 2.24) is 0 Å². The molecule has 0 bridgehead atoms. The number of phenolic OH excluding ortho intramolecular Hbond substituents is 1. The SMILES string of the molecule is CC[C@H](C)c1c(O)c(C(C)C)cc2ccc(C)c(CCCC(C)(O)CO)c12. The van der Waals surface area contributed by atoms with E-state index in [9.17, 15) is 15.3 Å². The van der Waals surface area contributed by atoms with Gasteiger partial charge in [0, 0.05) is 5.56 Å². The highest BCUT2D eigenvalue weighted by molar-refractivity contribution is 5.93. The lowest BCUT2D eigenvalue weighted by atomic mass is 9.83. The molecule has 0 aliphatic heterocycles. The molecule has 0 fully saturated rings. The topological polar surface area (TPSA) is 60.7 Å². The molecular weight excluding hydrogens is 336 g/mol. The molecule has 0 radical (unpaired) electrons. The van der Waals surface area contributed by atoms with Gasteiger partial charge in [0.15, 0.2) is 0 Å². The zero-order valence-electron chi connectivity index (χ0n) is 17.8. The summed E-state index contributed by atoms with van der Waals surface area (Å²) in [5.41, 5.74) is 3.50. The van der Waals surface area contributed by atoms with Gasteiger partial charge in [0.05, 0.1) is 12.2 Å². The van der Waals surface area contributed by atoms with Gasteiger partial charge in [-0.1, -0.05) is 39.8 Å². The lowest BCUT2D eigenvalue weighted by molar-refractivity contribution is -0.00640. The van der Waals surface area contributed by atoms with Gasteiger partial charge in [-0.25, -0.2) is 0 Å². The number of aryl methyl sites for hydroxylation is 2. The van der Waals surface area contributed by atoms with E-state index >= 15 is 0 Å². The van der Waals surface area contributed by atoms with Crippen LogP contribution >= 0.6 is 0 Å². The maximum absolute atomic E-state index is 11.1. The number of benzene rings is 2. The molecule has 2 atom stereocenters. The fourth-order valence-corrected chi connectivity index (χ4v) is 3.89. The summed E-state index contributed by atoms with van der Waals surface area (Å²) in [5, 5.41) is 32.9. The van der Waals surface area contributed by atoms with Crippen LogP contribution in [0.1, 0.15) is 88.0 Å². The lowest BCUT2D eigenvalue weighted by Crippen LogP contribution is -2.28. The third-order valence-corrected chi connectivity index (χ3v) is 5.90. The fourth-order valence-electron chi connectivity index (χ4n) is 3.89. The molecular formula is C24H36O3. The van der Waals surface area contributed by atoms with Crippen LogP contribution in [0.5, 0.6) is 5.75 Å². The molecule has 0 heterocycles. The largest absolute Gasteiger partial charge is 0.507 e. The molecule has 0 amide bonds. The van der Waals surface area contributed by atoms with Crippen molar-refractivity contribution in [2.45, 2.75) is 84.7 Å². The Bertz CT molecular complexity index is 790. The molecule has 2 aromatic rings. The highest BCUT2D eigenvalue weighted by Gasteiger charge is 2.23. The van der Waals surface area contributed by atoms with Crippen molar-refractivity contribution >= 4 is 10.8 Å². The molecule has 0 spiro atoms. The van der Waals surface area contributed by atoms with E-state index in [1.165, 1.54) is 21.9 Å². The van der Waals surface area contributed by atoms with Crippen LogP contribution in [-0.2, 0) is 6.42 Å². The Hall–Kier alpha value is -1.58. The van der Waals surface area contributed by atoms with Crippen molar-refractivity contribution in [2.75, 3.05) is 6.61 Å². The molecule has 0 saturated carbocycles. The molecule has 1 unspecified atom stereocenters. The van der Waals surface area contributed by atoms with Gasteiger partial charge in [0.1, 0.15) is 5.75 Å². The van der Waals surface area contributed by atoms with E-state index in [0.717, 1.165) is 30.4 Å². The standard InChI is InChI=1S/C24H36O3/c1-7-16(4)21-22-18(13-20(15(2)3)23(21)26)11-10-17(5)19(22)9-8-12-24(6,27)14-25/h10-11,13,15-16,25-27H,7-9,12,14H2,1-6H3/t16-,24?/m0/s1. The molecule has 3 nitrogen and oxygen atoms in total. The molecule has 0 aliphatic rings. The summed E-state index contributed by atoms with van der Waals surface area (Å²) in [6, 6.07) is 6.45. The third kappa shape index (κ3) is 4.64. The summed E-state index contributed by atoms with van der Waals surface area (Å²) in [6.45, 7) is 12.1. The maximum Gasteiger partial charge on any atom is 0.123 e. The van der Waals surface area contributed by atoms with E-state index in [2.05, 4.69) is 52.8 Å². The van der Waals surface area contributed by atoms with Gasteiger partial charge in [0.2, 0.25) is 0 Å². The number of hydrogen-bond acceptors (Lipinski definition) is 3. The number of hydrogen-bond donors (Lipinski definition) is 3. The van der Waals surface area contributed by atoms with E-state index in [1.807, 2.05) is 0 Å². The monoisotopic (exact) mass is 372 g/mol. The number of aromatic hydroxyl groups is 1. The quantitative estimate of drug-likeness (QED) is 0.569. The predicted octanol–water partition coefficient (Wildman–Crippen LogP) is 5.56. The van der Waals surface area contributed by atoms with Crippen LogP contribution in [0.2, 0.25) is 0 Å². The minimum absolute atomic E-state index is 0.224. The highest BCUT2D eigenvalue weighted by Crippen LogP contribution is 2.42. The summed E-state index contributed by atoms with van der Waals surface area (Å²) in [5.74, 6) is 0.981. The molecule has 150 valence electrons. The number of aliphatic hydroxyl groups is 2. The Labute approximate surface area is 164 Å². The minimum Gasteiger partial charge on any atom is -0.507 e. The zero-order chi connectivity index (χ0) is 20.4. The Morgan fingerprint density at radius 2 is 1.81 bits per heavy atom. The van der Waals surface area contributed by atoms with Crippen LogP contribution in [0.25, 0.3) is 10.8 Å². The van der Waals surface area contributed by atoms with Crippen LogP contribution in [0, 0.1) is 6.92 Å². The normalized spacial score (nSPS) is 15.3. The van der Waals surface area contributed by atoms with Crippen molar-refractivity contribution in [2.24, 2.45) is 0 Å². The Morgan fingerprint density at radius 3 is 2.37 bits per heavy atom. The van der Waals surface area contributed by atoms with Crippen molar-refractivity contribution in [3.05, 3.63) is 40.5 Å². The van der Waals surface area contributed by atoms with Gasteiger partial charge in [-0.3, -0.25) is 0 Å². The molecule has 0 aromatic heterocycles. The number of fused-ring (bicyclic) bond motifs is 1. The first-order valence-electron chi connectivity index (χ1n) is 10.2. The van der Waals surface area contributed by atoms with E-state index in [0.29, 0.717) is 12.2 Å². The fraction of sp³-hybridized carbons (Fsp3) is 0.583. The Morgan fingerprint density at radius 1 is 1.15 bits per heavy atom. The van der Waals surface area contributed by atoms with Crippen molar-refractivity contribution in [3.8, 4) is 5.75 Å². The first-order chi connectivity index (χ1) is 12.6. The van der Waals surface area contributed by atoms with Crippen LogP contribution in [0.4, 0.5) is 0 Å². The smallest absolute Gasteiger partial charge is 0.123 e. The van der Waals surface area contributed by atoms with Gasteiger partial charge in [-0.2, -0.15) is 0 Å². The lowest BCUT2D eigenvalue weighted by Gasteiger charge is -2.24. The molecule has 2 aromatic carbocycles. The van der Waals surface area contributed by atoms with E-state index in [-0.39, 0.29) is 18.4 Å². The van der Waals surface area contributed by atoms with Crippen LogP contribution in [0.3, 0.4) is 0 Å². The number of rotatable bonds is 8. The minimum atomic E-state index is -1.04. The summed E-state index contributed by atoms with van der Waals surface area (Å²) in [6.07, 6.45) is 3.13. The van der Waals surface area contributed by atoms with Crippen molar-refractivity contribution in [3.63, 3.8) is 0 Å². The third-order valence-electron chi connectivity index (χ3n) is 5.90. The van der Waals surface area contributed by atoms with Gasteiger partial charge >= 0.3 is 0 Å². The second kappa shape index (κ2) is 8.62. The zero-order valence-corrected chi connectivity index (χ0v) is 17.8. The van der Waals surface area contributed by atoms with Crippen LogP contribution in [-0.4, -0.2) is 27.5 Å². The molecule has 0 saturated heterocycles. The molecule has 27 heavy (non-hydrogen) atoms. The Kier molecular flexibility index (Phi) is 6.93.